The molecule has 1 amide bonds. The van der Waals surface area contributed by atoms with E-state index in [0.29, 0.717) is 13.1 Å². The number of β-amino-alcohol motifs (C(OH)–C–C–N with tert-alkyl or cyclic N) is 1. The number of hydrogen-bond donors (Lipinski definition) is 1. The van der Waals surface area contributed by atoms with Gasteiger partial charge in [-0.25, -0.2) is 4.68 Å². The summed E-state index contributed by atoms with van der Waals surface area (Å²) in [5, 5.41) is 29.0. The number of carbonyl (C=O) groups is 1. The molecule has 3 aromatic rings. The van der Waals surface area contributed by atoms with Crippen molar-refractivity contribution in [1.82, 2.24) is 39.4 Å². The van der Waals surface area contributed by atoms with Gasteiger partial charge < -0.3 is 14.9 Å². The largest absolute Gasteiger partial charge is 0.387 e. The normalized spacial score (nSPS) is 23.5. The summed E-state index contributed by atoms with van der Waals surface area (Å²) in [5.74, 6) is 1.92. The predicted molar refractivity (Wildman–Crippen MR) is 117 cm³/mol. The van der Waals surface area contributed by atoms with Gasteiger partial charge in [-0.05, 0) is 63.4 Å². The summed E-state index contributed by atoms with van der Waals surface area (Å²) < 4.78 is 3.56. The smallest absolute Gasteiger partial charge is 0.219 e. The molecule has 2 fully saturated rings. The van der Waals surface area contributed by atoms with E-state index in [1.165, 1.54) is 0 Å². The van der Waals surface area contributed by atoms with Crippen LogP contribution < -0.4 is 0 Å². The number of amides is 1. The summed E-state index contributed by atoms with van der Waals surface area (Å²) in [6.45, 7) is 5.11. The minimum atomic E-state index is -0.837. The number of aliphatic hydroxyl groups is 1. The maximum Gasteiger partial charge on any atom is 0.219 e. The van der Waals surface area contributed by atoms with Gasteiger partial charge in [-0.3, -0.25) is 4.79 Å². The van der Waals surface area contributed by atoms with Crippen molar-refractivity contribution >= 4 is 11.6 Å². The molecule has 0 aromatic carbocycles. The SMILES string of the molecule is CC(=O)N1CCCCC(O)(CN2CCC(c3nnc4ccc(-n5cccn5)nn34)CC2)C1. The van der Waals surface area contributed by atoms with E-state index in [2.05, 4.69) is 20.2 Å². The van der Waals surface area contributed by atoms with Gasteiger partial charge in [0.25, 0.3) is 0 Å². The third-order valence-electron chi connectivity index (χ3n) is 6.73. The molecule has 2 aliphatic heterocycles. The summed E-state index contributed by atoms with van der Waals surface area (Å²) in [7, 11) is 0. The van der Waals surface area contributed by atoms with Crippen molar-refractivity contribution in [3.8, 4) is 5.82 Å². The Kier molecular flexibility index (Phi) is 5.64. The molecule has 1 atom stereocenters. The van der Waals surface area contributed by atoms with Crippen LogP contribution in [0.25, 0.3) is 11.5 Å². The van der Waals surface area contributed by atoms with Crippen LogP contribution in [0.5, 0.6) is 0 Å². The van der Waals surface area contributed by atoms with Gasteiger partial charge >= 0.3 is 0 Å². The summed E-state index contributed by atoms with van der Waals surface area (Å²) >= 11 is 0. The number of carbonyl (C=O) groups excluding carboxylic acids is 1. The summed E-state index contributed by atoms with van der Waals surface area (Å²) in [5.41, 5.74) is -0.105. The topological polar surface area (TPSA) is 105 Å². The van der Waals surface area contributed by atoms with Gasteiger partial charge in [0.15, 0.2) is 17.3 Å². The molecule has 5 rings (SSSR count). The Bertz CT molecular complexity index is 1070. The number of aromatic nitrogens is 6. The van der Waals surface area contributed by atoms with Crippen LogP contribution in [0.15, 0.2) is 30.6 Å². The Balaban J connectivity index is 1.26. The molecule has 1 N–H and O–H groups in total. The molecule has 1 unspecified atom stereocenters. The van der Waals surface area contributed by atoms with Gasteiger partial charge in [-0.15, -0.1) is 15.3 Å². The van der Waals surface area contributed by atoms with Crippen molar-refractivity contribution in [3.05, 3.63) is 36.4 Å². The zero-order valence-electron chi connectivity index (χ0n) is 18.5. The molecule has 0 radical (unpaired) electrons. The summed E-state index contributed by atoms with van der Waals surface area (Å²) in [6, 6.07) is 5.67. The number of hydrogen-bond acceptors (Lipinski definition) is 7. The maximum atomic E-state index is 11.9. The van der Waals surface area contributed by atoms with E-state index in [0.717, 1.165) is 69.0 Å². The highest BCUT2D eigenvalue weighted by Crippen LogP contribution is 2.29. The number of piperidine rings is 1. The van der Waals surface area contributed by atoms with E-state index in [-0.39, 0.29) is 11.8 Å². The van der Waals surface area contributed by atoms with Crippen molar-refractivity contribution < 1.29 is 9.90 Å². The molecule has 0 saturated carbocycles. The zero-order valence-corrected chi connectivity index (χ0v) is 18.5. The van der Waals surface area contributed by atoms with E-state index >= 15 is 0 Å². The van der Waals surface area contributed by atoms with Crippen molar-refractivity contribution in [1.29, 1.82) is 0 Å². The fourth-order valence-electron chi connectivity index (χ4n) is 5.01. The van der Waals surface area contributed by atoms with Crippen molar-refractivity contribution in [2.45, 2.75) is 50.5 Å². The van der Waals surface area contributed by atoms with Crippen molar-refractivity contribution in [2.24, 2.45) is 0 Å². The Morgan fingerprint density at radius 1 is 1.19 bits per heavy atom. The monoisotopic (exact) mass is 438 g/mol. The van der Waals surface area contributed by atoms with E-state index in [1.807, 2.05) is 28.9 Å². The second-order valence-electron chi connectivity index (χ2n) is 9.14. The lowest BCUT2D eigenvalue weighted by molar-refractivity contribution is -0.132. The quantitative estimate of drug-likeness (QED) is 0.654. The van der Waals surface area contributed by atoms with Crippen LogP contribution in [0.4, 0.5) is 0 Å². The van der Waals surface area contributed by atoms with E-state index in [1.54, 1.807) is 22.7 Å². The molecular formula is C22H30N8O2. The Morgan fingerprint density at radius 2 is 2.03 bits per heavy atom. The minimum Gasteiger partial charge on any atom is -0.387 e. The molecule has 10 nitrogen and oxygen atoms in total. The van der Waals surface area contributed by atoms with Crippen LogP contribution in [0.3, 0.4) is 0 Å². The van der Waals surface area contributed by atoms with Gasteiger partial charge in [0.2, 0.25) is 5.91 Å². The zero-order chi connectivity index (χ0) is 22.1. The van der Waals surface area contributed by atoms with Gasteiger partial charge in [0, 0.05) is 38.3 Å². The maximum absolute atomic E-state index is 11.9. The third kappa shape index (κ3) is 4.24. The molecule has 2 aliphatic rings. The van der Waals surface area contributed by atoms with Crippen molar-refractivity contribution in [3.63, 3.8) is 0 Å². The highest BCUT2D eigenvalue weighted by Gasteiger charge is 2.36. The van der Waals surface area contributed by atoms with Crippen LogP contribution in [0.1, 0.15) is 50.8 Å². The van der Waals surface area contributed by atoms with Crippen LogP contribution in [0, 0.1) is 0 Å². The second-order valence-corrected chi connectivity index (χ2v) is 9.14. The minimum absolute atomic E-state index is 0.0460. The Morgan fingerprint density at radius 3 is 2.78 bits per heavy atom. The van der Waals surface area contributed by atoms with E-state index in [4.69, 9.17) is 5.10 Å². The highest BCUT2D eigenvalue weighted by molar-refractivity contribution is 5.73. The van der Waals surface area contributed by atoms with Gasteiger partial charge in [0.05, 0.1) is 12.1 Å². The first-order valence-electron chi connectivity index (χ1n) is 11.4. The first-order valence-corrected chi connectivity index (χ1v) is 11.4. The molecule has 0 aliphatic carbocycles. The second kappa shape index (κ2) is 8.59. The Hall–Kier alpha value is -2.85. The summed E-state index contributed by atoms with van der Waals surface area (Å²) in [4.78, 5) is 16.0. The van der Waals surface area contributed by atoms with Crippen LogP contribution >= 0.6 is 0 Å². The van der Waals surface area contributed by atoms with Crippen molar-refractivity contribution in [2.75, 3.05) is 32.7 Å². The molecule has 3 aromatic heterocycles. The third-order valence-corrected chi connectivity index (χ3v) is 6.73. The Labute approximate surface area is 186 Å². The summed E-state index contributed by atoms with van der Waals surface area (Å²) in [6.07, 6.45) is 8.10. The standard InChI is InChI=1S/C22H30N8O2/c1-17(31)28-11-3-2-9-22(32,16-28)15-27-13-7-18(8-14-27)21-25-24-19-5-6-20(26-30(19)21)29-12-4-10-23-29/h4-6,10,12,18,32H,2-3,7-9,11,13-16H2,1H3. The number of likely N-dealkylation sites (tertiary alicyclic amines) is 2. The predicted octanol–water partition coefficient (Wildman–Crippen LogP) is 1.25. The number of fused-ring (bicyclic) bond motifs is 1. The average Bonchev–Trinajstić information content (AvgIpc) is 3.42. The lowest BCUT2D eigenvalue weighted by Gasteiger charge is -2.39. The van der Waals surface area contributed by atoms with Gasteiger partial charge in [0.1, 0.15) is 0 Å². The van der Waals surface area contributed by atoms with Crippen LogP contribution in [-0.2, 0) is 4.79 Å². The first kappa shape index (κ1) is 21.0. The molecule has 0 spiro atoms. The molecule has 0 bridgehead atoms. The molecule has 5 heterocycles. The van der Waals surface area contributed by atoms with Gasteiger partial charge in [-0.2, -0.15) is 9.61 Å². The fraction of sp³-hybridized carbons (Fsp3) is 0.591. The van der Waals surface area contributed by atoms with Gasteiger partial charge in [-0.1, -0.05) is 0 Å². The molecule has 32 heavy (non-hydrogen) atoms. The number of nitrogens with zero attached hydrogens (tertiary/aromatic N) is 8. The first-order chi connectivity index (χ1) is 15.5. The fourth-order valence-corrected chi connectivity index (χ4v) is 5.01. The van der Waals surface area contributed by atoms with E-state index < -0.39 is 5.60 Å². The lowest BCUT2D eigenvalue weighted by Crippen LogP contribution is -2.52. The van der Waals surface area contributed by atoms with Crippen LogP contribution in [0.2, 0.25) is 0 Å². The number of rotatable bonds is 4. The average molecular weight is 439 g/mol. The molecular weight excluding hydrogens is 408 g/mol. The lowest BCUT2D eigenvalue weighted by atomic mass is 9.92. The highest BCUT2D eigenvalue weighted by atomic mass is 16.3. The molecule has 10 heteroatoms. The van der Waals surface area contributed by atoms with E-state index in [9.17, 15) is 9.90 Å². The molecule has 170 valence electrons. The van der Waals surface area contributed by atoms with Crippen LogP contribution in [-0.4, -0.2) is 88.7 Å². The molecule has 2 saturated heterocycles.